The van der Waals surface area contributed by atoms with Crippen molar-refractivity contribution in [3.63, 3.8) is 0 Å². The monoisotopic (exact) mass is 255 g/mol. The van der Waals surface area contributed by atoms with Crippen LogP contribution in [0.15, 0.2) is 36.7 Å². The summed E-state index contributed by atoms with van der Waals surface area (Å²) >= 11 is 0. The number of amides is 1. The Morgan fingerprint density at radius 3 is 2.84 bits per heavy atom. The first-order valence-electron chi connectivity index (χ1n) is 6.63. The number of carbonyl (C=O) groups is 1. The van der Waals surface area contributed by atoms with Gasteiger partial charge in [0.2, 0.25) is 0 Å². The number of nitrogens with one attached hydrogen (secondary N) is 1. The molecule has 0 bridgehead atoms. The van der Waals surface area contributed by atoms with Crippen LogP contribution in [0.5, 0.6) is 0 Å². The Hall–Kier alpha value is -2.10. The molecule has 4 heteroatoms. The molecular formula is C15H17N3O. The minimum atomic E-state index is 0.0325. The standard InChI is InChI=1S/C15H17N3O/c1-11-14(17-10-16-11)15(19)18-9-5-8-13(18)12-6-3-2-4-7-12/h2-4,6-7,10,13H,5,8-9H2,1H3,(H,16,17)/t13-/m0/s1. The van der Waals surface area contributed by atoms with E-state index in [4.69, 9.17) is 0 Å². The molecule has 1 aromatic heterocycles. The average molecular weight is 255 g/mol. The minimum Gasteiger partial charge on any atom is -0.348 e. The minimum absolute atomic E-state index is 0.0325. The number of imidazole rings is 1. The van der Waals surface area contributed by atoms with Gasteiger partial charge in [-0.2, -0.15) is 0 Å². The van der Waals surface area contributed by atoms with Gasteiger partial charge in [0.15, 0.2) is 0 Å². The summed E-state index contributed by atoms with van der Waals surface area (Å²) in [6.45, 7) is 2.69. The molecule has 1 aromatic carbocycles. The van der Waals surface area contributed by atoms with E-state index in [0.717, 1.165) is 25.1 Å². The number of benzene rings is 1. The molecule has 0 unspecified atom stereocenters. The number of carbonyl (C=O) groups excluding carboxylic acids is 1. The van der Waals surface area contributed by atoms with Crippen LogP contribution < -0.4 is 0 Å². The van der Waals surface area contributed by atoms with Crippen molar-refractivity contribution in [1.29, 1.82) is 0 Å². The van der Waals surface area contributed by atoms with Crippen molar-refractivity contribution in [3.8, 4) is 0 Å². The maximum atomic E-state index is 12.6. The molecule has 0 spiro atoms. The third-order valence-corrected chi connectivity index (χ3v) is 3.73. The van der Waals surface area contributed by atoms with Crippen LogP contribution in [0.1, 0.15) is 40.6 Å². The van der Waals surface area contributed by atoms with E-state index in [1.807, 2.05) is 30.0 Å². The second-order valence-electron chi connectivity index (χ2n) is 4.94. The molecule has 1 amide bonds. The quantitative estimate of drug-likeness (QED) is 0.897. The Bertz CT molecular complexity index is 576. The Labute approximate surface area is 112 Å². The fraction of sp³-hybridized carbons (Fsp3) is 0.333. The Morgan fingerprint density at radius 2 is 2.16 bits per heavy atom. The summed E-state index contributed by atoms with van der Waals surface area (Å²) in [7, 11) is 0. The van der Waals surface area contributed by atoms with Crippen molar-refractivity contribution in [2.24, 2.45) is 0 Å². The first-order chi connectivity index (χ1) is 9.27. The first kappa shape index (κ1) is 12.0. The lowest BCUT2D eigenvalue weighted by atomic mass is 10.0. The van der Waals surface area contributed by atoms with Crippen LogP contribution in [0, 0.1) is 6.92 Å². The lowest BCUT2D eigenvalue weighted by molar-refractivity contribution is 0.0729. The molecule has 1 saturated heterocycles. The largest absolute Gasteiger partial charge is 0.348 e. The number of nitrogens with zero attached hydrogens (tertiary/aromatic N) is 2. The Kier molecular flexibility index (Phi) is 3.07. The third-order valence-electron chi connectivity index (χ3n) is 3.73. The molecule has 19 heavy (non-hydrogen) atoms. The molecular weight excluding hydrogens is 238 g/mol. The van der Waals surface area contributed by atoms with Crippen molar-refractivity contribution in [2.75, 3.05) is 6.54 Å². The van der Waals surface area contributed by atoms with E-state index in [2.05, 4.69) is 22.1 Å². The molecule has 2 aromatic rings. The van der Waals surface area contributed by atoms with E-state index in [9.17, 15) is 4.79 Å². The highest BCUT2D eigenvalue weighted by molar-refractivity contribution is 5.93. The molecule has 0 aliphatic carbocycles. The van der Waals surface area contributed by atoms with E-state index in [0.29, 0.717) is 5.69 Å². The molecule has 1 aliphatic rings. The summed E-state index contributed by atoms with van der Waals surface area (Å²) in [4.78, 5) is 21.6. The molecule has 1 N–H and O–H groups in total. The van der Waals surface area contributed by atoms with E-state index < -0.39 is 0 Å². The maximum Gasteiger partial charge on any atom is 0.274 e. The lowest BCUT2D eigenvalue weighted by Gasteiger charge is -2.24. The van der Waals surface area contributed by atoms with Gasteiger partial charge in [-0.3, -0.25) is 4.79 Å². The molecule has 2 heterocycles. The zero-order valence-electron chi connectivity index (χ0n) is 11.0. The second-order valence-corrected chi connectivity index (χ2v) is 4.94. The van der Waals surface area contributed by atoms with Crippen LogP contribution in [0.3, 0.4) is 0 Å². The molecule has 1 fully saturated rings. The van der Waals surface area contributed by atoms with Gasteiger partial charge < -0.3 is 9.88 Å². The van der Waals surface area contributed by atoms with E-state index >= 15 is 0 Å². The van der Waals surface area contributed by atoms with E-state index in [-0.39, 0.29) is 11.9 Å². The van der Waals surface area contributed by atoms with Gasteiger partial charge in [-0.1, -0.05) is 30.3 Å². The number of aromatic nitrogens is 2. The van der Waals surface area contributed by atoms with Gasteiger partial charge in [0.1, 0.15) is 5.69 Å². The van der Waals surface area contributed by atoms with Crippen LogP contribution in [0.25, 0.3) is 0 Å². The number of aromatic amines is 1. The summed E-state index contributed by atoms with van der Waals surface area (Å²) in [5.74, 6) is 0.0325. The molecule has 1 atom stereocenters. The summed E-state index contributed by atoms with van der Waals surface area (Å²) in [5, 5.41) is 0. The lowest BCUT2D eigenvalue weighted by Crippen LogP contribution is -2.31. The van der Waals surface area contributed by atoms with Gasteiger partial charge in [-0.25, -0.2) is 4.98 Å². The number of rotatable bonds is 2. The maximum absolute atomic E-state index is 12.6. The number of hydrogen-bond donors (Lipinski definition) is 1. The fourth-order valence-corrected chi connectivity index (χ4v) is 2.74. The van der Waals surface area contributed by atoms with Crippen LogP contribution in [-0.4, -0.2) is 27.3 Å². The van der Waals surface area contributed by atoms with Gasteiger partial charge in [0.25, 0.3) is 5.91 Å². The SMILES string of the molecule is Cc1[nH]cnc1C(=O)N1CCC[C@H]1c1ccccc1. The van der Waals surface area contributed by atoms with Crippen LogP contribution in [0.2, 0.25) is 0 Å². The number of likely N-dealkylation sites (tertiary alicyclic amines) is 1. The predicted molar refractivity (Wildman–Crippen MR) is 72.8 cm³/mol. The van der Waals surface area contributed by atoms with Gasteiger partial charge in [0.05, 0.1) is 12.4 Å². The molecule has 0 saturated carbocycles. The summed E-state index contributed by atoms with van der Waals surface area (Å²) in [5.41, 5.74) is 2.59. The van der Waals surface area contributed by atoms with E-state index in [1.54, 1.807) is 6.33 Å². The normalized spacial score (nSPS) is 18.8. The Morgan fingerprint density at radius 1 is 1.37 bits per heavy atom. The van der Waals surface area contributed by atoms with Gasteiger partial charge in [-0.15, -0.1) is 0 Å². The number of H-pyrrole nitrogens is 1. The van der Waals surface area contributed by atoms with Crippen molar-refractivity contribution in [2.45, 2.75) is 25.8 Å². The number of hydrogen-bond acceptors (Lipinski definition) is 2. The highest BCUT2D eigenvalue weighted by Gasteiger charge is 2.31. The molecule has 3 rings (SSSR count). The summed E-state index contributed by atoms with van der Waals surface area (Å²) in [6, 6.07) is 10.4. The average Bonchev–Trinajstić information content (AvgIpc) is 3.07. The predicted octanol–water partition coefficient (Wildman–Crippen LogP) is 2.70. The molecule has 4 nitrogen and oxygen atoms in total. The highest BCUT2D eigenvalue weighted by Crippen LogP contribution is 2.32. The topological polar surface area (TPSA) is 49.0 Å². The third kappa shape index (κ3) is 2.14. The van der Waals surface area contributed by atoms with Gasteiger partial charge >= 0.3 is 0 Å². The van der Waals surface area contributed by atoms with Crippen LogP contribution in [-0.2, 0) is 0 Å². The molecule has 1 aliphatic heterocycles. The zero-order chi connectivity index (χ0) is 13.2. The second kappa shape index (κ2) is 4.88. The molecule has 98 valence electrons. The van der Waals surface area contributed by atoms with Crippen molar-refractivity contribution < 1.29 is 4.79 Å². The summed E-state index contributed by atoms with van der Waals surface area (Å²) < 4.78 is 0. The Balaban J connectivity index is 1.88. The zero-order valence-corrected chi connectivity index (χ0v) is 11.0. The highest BCUT2D eigenvalue weighted by atomic mass is 16.2. The van der Waals surface area contributed by atoms with Crippen molar-refractivity contribution in [1.82, 2.24) is 14.9 Å². The first-order valence-corrected chi connectivity index (χ1v) is 6.63. The smallest absolute Gasteiger partial charge is 0.274 e. The van der Waals surface area contributed by atoms with Crippen molar-refractivity contribution in [3.05, 3.63) is 53.6 Å². The van der Waals surface area contributed by atoms with Crippen LogP contribution >= 0.6 is 0 Å². The molecule has 0 radical (unpaired) electrons. The van der Waals surface area contributed by atoms with Gasteiger partial charge in [-0.05, 0) is 25.3 Å². The van der Waals surface area contributed by atoms with E-state index in [1.165, 1.54) is 5.56 Å². The summed E-state index contributed by atoms with van der Waals surface area (Å²) in [6.07, 6.45) is 3.66. The van der Waals surface area contributed by atoms with Crippen LogP contribution in [0.4, 0.5) is 0 Å². The number of aryl methyl sites for hydroxylation is 1. The fourth-order valence-electron chi connectivity index (χ4n) is 2.74. The van der Waals surface area contributed by atoms with Gasteiger partial charge in [0, 0.05) is 12.2 Å². The van der Waals surface area contributed by atoms with Crippen molar-refractivity contribution >= 4 is 5.91 Å².